The van der Waals surface area contributed by atoms with E-state index in [0.29, 0.717) is 28.5 Å². The molecule has 1 aliphatic carbocycles. The lowest BCUT2D eigenvalue weighted by atomic mass is 9.95. The van der Waals surface area contributed by atoms with E-state index in [1.165, 1.54) is 17.8 Å². The molecule has 7 nitrogen and oxygen atoms in total. The molecule has 0 spiro atoms. The van der Waals surface area contributed by atoms with Gasteiger partial charge in [-0.1, -0.05) is 73.7 Å². The van der Waals surface area contributed by atoms with Crippen LogP contribution in [0.15, 0.2) is 53.4 Å². The Morgan fingerprint density at radius 3 is 2.37 bits per heavy atom. The highest BCUT2D eigenvalue weighted by Gasteiger charge is 2.31. The Hall–Kier alpha value is -2.13. The van der Waals surface area contributed by atoms with E-state index in [1.807, 2.05) is 6.92 Å². The summed E-state index contributed by atoms with van der Waals surface area (Å²) >= 11 is 12.5. The first-order valence-corrected chi connectivity index (χ1v) is 15.4. The number of nitrogens with one attached hydrogen (secondary N) is 1. The van der Waals surface area contributed by atoms with Crippen molar-refractivity contribution in [1.29, 1.82) is 0 Å². The van der Waals surface area contributed by atoms with Crippen molar-refractivity contribution >= 4 is 45.0 Å². The first-order valence-electron chi connectivity index (χ1n) is 13.2. The molecule has 2 aromatic rings. The minimum Gasteiger partial charge on any atom is -0.352 e. The van der Waals surface area contributed by atoms with Crippen molar-refractivity contribution in [2.24, 2.45) is 0 Å². The number of amides is 2. The standard InChI is InChI=1S/C28H37Cl2N3O4S/c1-3-26(28(35)31-23-11-6-4-7-12-23)33(20-21-16-17-22(29)19-25(21)30)27(34)15-10-18-32(2)38(36,37)24-13-8-5-9-14-24/h5,8-9,13-14,16-17,19,23,26H,3-4,6-7,10-12,15,18,20H2,1-2H3,(H,31,35)/t26-/m1/s1. The lowest BCUT2D eigenvalue weighted by Gasteiger charge is -2.33. The summed E-state index contributed by atoms with van der Waals surface area (Å²) in [6.07, 6.45) is 6.09. The Balaban J connectivity index is 1.72. The van der Waals surface area contributed by atoms with Gasteiger partial charge in [0.2, 0.25) is 21.8 Å². The summed E-state index contributed by atoms with van der Waals surface area (Å²) in [6, 6.07) is 12.7. The molecule has 208 valence electrons. The van der Waals surface area contributed by atoms with Gasteiger partial charge in [-0.25, -0.2) is 12.7 Å². The Morgan fingerprint density at radius 2 is 1.74 bits per heavy atom. The van der Waals surface area contributed by atoms with Crippen LogP contribution in [-0.2, 0) is 26.2 Å². The molecule has 1 saturated carbocycles. The second-order valence-corrected chi connectivity index (χ2v) is 12.7. The fraction of sp³-hybridized carbons (Fsp3) is 0.500. The maximum Gasteiger partial charge on any atom is 0.243 e. The maximum atomic E-state index is 13.5. The quantitative estimate of drug-likeness (QED) is 0.351. The molecule has 0 heterocycles. The molecule has 0 bridgehead atoms. The van der Waals surface area contributed by atoms with E-state index in [0.717, 1.165) is 25.7 Å². The smallest absolute Gasteiger partial charge is 0.243 e. The molecule has 2 amide bonds. The number of sulfonamides is 1. The van der Waals surface area contributed by atoms with Crippen LogP contribution in [0.25, 0.3) is 0 Å². The molecular formula is C28H37Cl2N3O4S. The molecule has 2 aromatic carbocycles. The van der Waals surface area contributed by atoms with Crippen LogP contribution in [0, 0.1) is 0 Å². The molecule has 1 aliphatic rings. The molecule has 0 aliphatic heterocycles. The van der Waals surface area contributed by atoms with E-state index in [4.69, 9.17) is 23.2 Å². The van der Waals surface area contributed by atoms with Crippen molar-refractivity contribution in [1.82, 2.24) is 14.5 Å². The molecule has 0 unspecified atom stereocenters. The molecule has 1 N–H and O–H groups in total. The molecule has 0 aromatic heterocycles. The minimum absolute atomic E-state index is 0.0903. The second-order valence-electron chi connectivity index (χ2n) is 9.77. The van der Waals surface area contributed by atoms with Crippen LogP contribution in [0.5, 0.6) is 0 Å². The van der Waals surface area contributed by atoms with E-state index in [1.54, 1.807) is 53.4 Å². The van der Waals surface area contributed by atoms with Gasteiger partial charge < -0.3 is 10.2 Å². The average molecular weight is 583 g/mol. The number of rotatable bonds is 12. The Kier molecular flexibility index (Phi) is 11.5. The molecular weight excluding hydrogens is 545 g/mol. The van der Waals surface area contributed by atoms with E-state index >= 15 is 0 Å². The van der Waals surface area contributed by atoms with Crippen LogP contribution in [0.2, 0.25) is 10.0 Å². The normalized spacial score (nSPS) is 15.3. The number of hydrogen-bond acceptors (Lipinski definition) is 4. The number of hydrogen-bond donors (Lipinski definition) is 1. The highest BCUT2D eigenvalue weighted by Crippen LogP contribution is 2.25. The predicted octanol–water partition coefficient (Wildman–Crippen LogP) is 5.65. The van der Waals surface area contributed by atoms with Crippen LogP contribution in [0.4, 0.5) is 0 Å². The maximum absolute atomic E-state index is 13.5. The van der Waals surface area contributed by atoms with Gasteiger partial charge in [0.1, 0.15) is 6.04 Å². The van der Waals surface area contributed by atoms with Crippen LogP contribution < -0.4 is 5.32 Å². The van der Waals surface area contributed by atoms with Gasteiger partial charge in [-0.3, -0.25) is 9.59 Å². The van der Waals surface area contributed by atoms with Gasteiger partial charge in [0.05, 0.1) is 4.90 Å². The van der Waals surface area contributed by atoms with E-state index in [-0.39, 0.29) is 42.3 Å². The first kappa shape index (κ1) is 30.4. The zero-order chi connectivity index (χ0) is 27.7. The van der Waals surface area contributed by atoms with Gasteiger partial charge in [0, 0.05) is 42.6 Å². The fourth-order valence-corrected chi connectivity index (χ4v) is 6.49. The fourth-order valence-electron chi connectivity index (χ4n) is 4.79. The average Bonchev–Trinajstić information content (AvgIpc) is 2.90. The van der Waals surface area contributed by atoms with Crippen molar-refractivity contribution in [3.05, 3.63) is 64.1 Å². The third-order valence-electron chi connectivity index (χ3n) is 7.01. The summed E-state index contributed by atoms with van der Waals surface area (Å²) in [5, 5.41) is 4.06. The van der Waals surface area contributed by atoms with Gasteiger partial charge in [-0.2, -0.15) is 0 Å². The zero-order valence-electron chi connectivity index (χ0n) is 22.0. The molecule has 1 atom stereocenters. The summed E-state index contributed by atoms with van der Waals surface area (Å²) in [5.41, 5.74) is 0.692. The predicted molar refractivity (Wildman–Crippen MR) is 152 cm³/mol. The highest BCUT2D eigenvalue weighted by atomic mass is 35.5. The largest absolute Gasteiger partial charge is 0.352 e. The summed E-state index contributed by atoms with van der Waals surface area (Å²) in [6.45, 7) is 2.21. The number of carbonyl (C=O) groups excluding carboxylic acids is 2. The van der Waals surface area contributed by atoms with Crippen molar-refractivity contribution < 1.29 is 18.0 Å². The van der Waals surface area contributed by atoms with Crippen LogP contribution in [0.1, 0.15) is 63.9 Å². The topological polar surface area (TPSA) is 86.8 Å². The van der Waals surface area contributed by atoms with Crippen molar-refractivity contribution in [3.8, 4) is 0 Å². The van der Waals surface area contributed by atoms with Gasteiger partial charge in [-0.05, 0) is 55.5 Å². The van der Waals surface area contributed by atoms with Crippen molar-refractivity contribution in [2.45, 2.75) is 81.8 Å². The summed E-state index contributed by atoms with van der Waals surface area (Å²) in [5.74, 6) is -0.395. The van der Waals surface area contributed by atoms with Gasteiger partial charge in [0.25, 0.3) is 0 Å². The third kappa shape index (κ3) is 8.18. The zero-order valence-corrected chi connectivity index (χ0v) is 24.4. The minimum atomic E-state index is -3.65. The number of nitrogens with zero attached hydrogens (tertiary/aromatic N) is 2. The summed E-state index contributed by atoms with van der Waals surface area (Å²) < 4.78 is 26.9. The Labute approximate surface area is 236 Å². The van der Waals surface area contributed by atoms with Crippen molar-refractivity contribution in [3.63, 3.8) is 0 Å². The summed E-state index contributed by atoms with van der Waals surface area (Å²) in [7, 11) is -2.15. The Bertz CT molecular complexity index is 1190. The lowest BCUT2D eigenvalue weighted by molar-refractivity contribution is -0.141. The number of benzene rings is 2. The van der Waals surface area contributed by atoms with Crippen LogP contribution >= 0.6 is 23.2 Å². The lowest BCUT2D eigenvalue weighted by Crippen LogP contribution is -2.51. The molecule has 1 fully saturated rings. The van der Waals surface area contributed by atoms with Crippen LogP contribution in [0.3, 0.4) is 0 Å². The Morgan fingerprint density at radius 1 is 1.05 bits per heavy atom. The van der Waals surface area contributed by atoms with E-state index < -0.39 is 16.1 Å². The molecule has 38 heavy (non-hydrogen) atoms. The van der Waals surface area contributed by atoms with Gasteiger partial charge in [0.15, 0.2) is 0 Å². The first-order chi connectivity index (χ1) is 18.1. The number of halogens is 2. The molecule has 0 saturated heterocycles. The van der Waals surface area contributed by atoms with Crippen molar-refractivity contribution in [2.75, 3.05) is 13.6 Å². The molecule has 3 rings (SSSR count). The molecule has 10 heteroatoms. The second kappa shape index (κ2) is 14.3. The van der Waals surface area contributed by atoms with E-state index in [2.05, 4.69) is 5.32 Å². The monoisotopic (exact) mass is 581 g/mol. The van der Waals surface area contributed by atoms with Crippen LogP contribution in [-0.4, -0.2) is 55.1 Å². The number of carbonyl (C=O) groups is 2. The highest BCUT2D eigenvalue weighted by molar-refractivity contribution is 7.89. The third-order valence-corrected chi connectivity index (χ3v) is 9.47. The van der Waals surface area contributed by atoms with Gasteiger partial charge >= 0.3 is 0 Å². The van der Waals surface area contributed by atoms with E-state index in [9.17, 15) is 18.0 Å². The SMILES string of the molecule is CC[C@H](C(=O)NC1CCCCC1)N(Cc1ccc(Cl)cc1Cl)C(=O)CCCN(C)S(=O)(=O)c1ccccc1. The van der Waals surface area contributed by atoms with Gasteiger partial charge in [-0.15, -0.1) is 0 Å². The summed E-state index contributed by atoms with van der Waals surface area (Å²) in [4.78, 5) is 28.6. The molecule has 0 radical (unpaired) electrons.